The molecule has 0 radical (unpaired) electrons. The number of rotatable bonds is 11. The lowest BCUT2D eigenvalue weighted by molar-refractivity contribution is -0.122. The van der Waals surface area contributed by atoms with Gasteiger partial charge in [-0.25, -0.2) is 0 Å². The summed E-state index contributed by atoms with van der Waals surface area (Å²) in [5.41, 5.74) is 5.06. The molecule has 0 aliphatic carbocycles. The molecule has 15 heteroatoms. The molecule has 4 heterocycles. The van der Waals surface area contributed by atoms with E-state index in [0.29, 0.717) is 47.7 Å². The highest BCUT2D eigenvalue weighted by atomic mass is 35.5. The fraction of sp³-hybridized carbons (Fsp3) is 0.361. The number of thiophene rings is 1. The first-order chi connectivity index (χ1) is 24.6. The van der Waals surface area contributed by atoms with Crippen LogP contribution in [0.5, 0.6) is 5.75 Å². The van der Waals surface area contributed by atoms with Crippen LogP contribution >= 0.6 is 22.9 Å². The summed E-state index contributed by atoms with van der Waals surface area (Å²) in [5.74, 6) is 1.13. The Morgan fingerprint density at radius 2 is 1.86 bits per heavy atom. The molecule has 51 heavy (non-hydrogen) atoms. The summed E-state index contributed by atoms with van der Waals surface area (Å²) in [4.78, 5) is 48.6. The number of nitrogens with zero attached hydrogens (tertiary/aromatic N) is 7. The zero-order valence-electron chi connectivity index (χ0n) is 28.8. The molecule has 0 unspecified atom stereocenters. The number of aryl methyl sites for hydroxylation is 2. The number of nitriles is 1. The highest BCUT2D eigenvalue weighted by molar-refractivity contribution is 7.15. The molecule has 13 nitrogen and oxygen atoms in total. The van der Waals surface area contributed by atoms with E-state index in [9.17, 15) is 14.4 Å². The molecule has 2 aromatic heterocycles. The van der Waals surface area contributed by atoms with Gasteiger partial charge in [0, 0.05) is 45.7 Å². The Kier molecular flexibility index (Phi) is 10.7. The number of hydrogen-bond donors (Lipinski definition) is 2. The van der Waals surface area contributed by atoms with Gasteiger partial charge in [-0.15, -0.1) is 21.5 Å². The van der Waals surface area contributed by atoms with Crippen LogP contribution in [0.1, 0.15) is 65.4 Å². The molecule has 264 valence electrons. The third-order valence-corrected chi connectivity index (χ3v) is 10.4. The van der Waals surface area contributed by atoms with Crippen LogP contribution in [0.3, 0.4) is 0 Å². The summed E-state index contributed by atoms with van der Waals surface area (Å²) in [6, 6.07) is 14.3. The van der Waals surface area contributed by atoms with Crippen LogP contribution in [0, 0.1) is 32.1 Å². The fourth-order valence-electron chi connectivity index (χ4n) is 6.20. The van der Waals surface area contributed by atoms with Gasteiger partial charge in [0.2, 0.25) is 17.7 Å². The molecular formula is C36H38ClN9O4S. The molecule has 0 saturated carbocycles. The average Bonchev–Trinajstić information content (AvgIpc) is 3.60. The maximum Gasteiger partial charge on any atom is 0.240 e. The first kappa shape index (κ1) is 35.6. The largest absolute Gasteiger partial charge is 0.489 e. The monoisotopic (exact) mass is 727 g/mol. The lowest BCUT2D eigenvalue weighted by atomic mass is 9.99. The summed E-state index contributed by atoms with van der Waals surface area (Å²) >= 11 is 7.85. The van der Waals surface area contributed by atoms with Crippen molar-refractivity contribution >= 4 is 57.7 Å². The molecule has 2 aliphatic rings. The maximum atomic E-state index is 13.3. The molecule has 0 fully saturated rings. The maximum absolute atomic E-state index is 13.3. The van der Waals surface area contributed by atoms with Crippen molar-refractivity contribution < 1.29 is 19.1 Å². The van der Waals surface area contributed by atoms with Crippen LogP contribution in [0.25, 0.3) is 5.00 Å². The van der Waals surface area contributed by atoms with Gasteiger partial charge in [0.25, 0.3) is 0 Å². The Labute approximate surface area is 304 Å². The van der Waals surface area contributed by atoms with Crippen molar-refractivity contribution in [2.24, 2.45) is 4.99 Å². The number of hydrogen-bond acceptors (Lipinski definition) is 10. The van der Waals surface area contributed by atoms with Gasteiger partial charge in [-0.2, -0.15) is 5.26 Å². The molecule has 4 aromatic rings. The van der Waals surface area contributed by atoms with E-state index in [-0.39, 0.29) is 50.3 Å². The molecule has 2 N–H and O–H groups in total. The molecule has 2 aliphatic heterocycles. The first-order valence-corrected chi connectivity index (χ1v) is 17.9. The van der Waals surface area contributed by atoms with Gasteiger partial charge in [-0.3, -0.25) is 23.9 Å². The second-order valence-corrected chi connectivity index (χ2v) is 13.9. The van der Waals surface area contributed by atoms with Crippen molar-refractivity contribution in [3.8, 4) is 16.8 Å². The summed E-state index contributed by atoms with van der Waals surface area (Å²) in [6.07, 6.45) is 0.506. The molecule has 2 aromatic carbocycles. The number of aromatic nitrogens is 3. The van der Waals surface area contributed by atoms with E-state index in [2.05, 4.69) is 40.7 Å². The minimum atomic E-state index is -0.634. The van der Waals surface area contributed by atoms with E-state index in [4.69, 9.17) is 26.6 Å². The molecule has 1 atom stereocenters. The Hall–Kier alpha value is -5.26. The molecular weight excluding hydrogens is 690 g/mol. The topological polar surface area (TPSA) is 158 Å². The van der Waals surface area contributed by atoms with E-state index in [1.54, 1.807) is 35.3 Å². The minimum Gasteiger partial charge on any atom is -0.489 e. The number of carbonyl (C=O) groups is 3. The van der Waals surface area contributed by atoms with Gasteiger partial charge in [0.05, 0.1) is 50.1 Å². The van der Waals surface area contributed by atoms with Gasteiger partial charge in [-0.05, 0) is 50.6 Å². The predicted octanol–water partition coefficient (Wildman–Crippen LogP) is 4.94. The number of carbonyl (C=O) groups excluding carboxylic acids is 3. The lowest BCUT2D eigenvalue weighted by Crippen LogP contribution is -2.44. The zero-order chi connectivity index (χ0) is 36.2. The SMILES string of the molecule is CCC(=O)N(CCC#N)c1ccc2c(c1)OCCN2CC(=O)NCNC(=O)C[C@@H]1N=C(c2ccc(Cl)cc2)c2c(sc(C)c2C)-n2c(C)nnc21. The quantitative estimate of drug-likeness (QED) is 0.206. The van der Waals surface area contributed by atoms with E-state index < -0.39 is 6.04 Å². The Morgan fingerprint density at radius 1 is 1.10 bits per heavy atom. The highest BCUT2D eigenvalue weighted by Gasteiger charge is 2.32. The first-order valence-electron chi connectivity index (χ1n) is 16.7. The number of fused-ring (bicyclic) bond motifs is 4. The molecule has 0 spiro atoms. The number of nitrogens with one attached hydrogen (secondary N) is 2. The minimum absolute atomic E-state index is 0.0108. The number of halogens is 1. The summed E-state index contributed by atoms with van der Waals surface area (Å²) in [7, 11) is 0. The lowest BCUT2D eigenvalue weighted by Gasteiger charge is -2.32. The van der Waals surface area contributed by atoms with Crippen molar-refractivity contribution in [2.75, 3.05) is 42.7 Å². The van der Waals surface area contributed by atoms with Gasteiger partial charge < -0.3 is 25.2 Å². The normalized spacial score (nSPS) is 14.5. The zero-order valence-corrected chi connectivity index (χ0v) is 30.4. The second-order valence-electron chi connectivity index (χ2n) is 12.2. The summed E-state index contributed by atoms with van der Waals surface area (Å²) in [5, 5.41) is 25.0. The van der Waals surface area contributed by atoms with E-state index >= 15 is 0 Å². The van der Waals surface area contributed by atoms with E-state index in [1.807, 2.05) is 46.7 Å². The third-order valence-electron chi connectivity index (χ3n) is 8.91. The standard InChI is InChI=1S/C36H38ClN9O4S/c1-5-32(49)45(14-6-13-38)26-11-12-28-29(17-26)50-16-15-44(28)19-31(48)40-20-39-30(47)18-27-35-43-42-23(4)46(35)36-33(21(2)22(3)51-36)34(41-27)24-7-9-25(37)10-8-24/h7-12,17,27H,5-6,14-16,18-20H2,1-4H3,(H,39,47)(H,40,48)/t27-/m0/s1. The van der Waals surface area contributed by atoms with E-state index in [1.165, 1.54) is 0 Å². The Morgan fingerprint density at radius 3 is 2.61 bits per heavy atom. The fourth-order valence-corrected chi connectivity index (χ4v) is 7.54. The van der Waals surface area contributed by atoms with Crippen LogP contribution in [-0.2, 0) is 14.4 Å². The van der Waals surface area contributed by atoms with Gasteiger partial charge in [-0.1, -0.05) is 30.7 Å². The number of benzene rings is 2. The van der Waals surface area contributed by atoms with Crippen molar-refractivity contribution in [1.82, 2.24) is 25.4 Å². The molecule has 0 bridgehead atoms. The predicted molar refractivity (Wildman–Crippen MR) is 196 cm³/mol. The summed E-state index contributed by atoms with van der Waals surface area (Å²) in [6.45, 7) is 8.90. The number of amides is 3. The number of aliphatic imine (C=N–C) groups is 1. The molecule has 3 amide bonds. The van der Waals surface area contributed by atoms with Crippen molar-refractivity contribution in [3.05, 3.63) is 80.7 Å². The molecule has 0 saturated heterocycles. The number of ether oxygens (including phenoxy) is 1. The summed E-state index contributed by atoms with van der Waals surface area (Å²) < 4.78 is 7.86. The third kappa shape index (κ3) is 7.45. The smallest absolute Gasteiger partial charge is 0.240 e. The number of anilines is 2. The van der Waals surface area contributed by atoms with Crippen LogP contribution in [0.2, 0.25) is 5.02 Å². The van der Waals surface area contributed by atoms with Crippen LogP contribution in [-0.4, -0.2) is 71.1 Å². The van der Waals surface area contributed by atoms with Gasteiger partial charge >= 0.3 is 0 Å². The van der Waals surface area contributed by atoms with Crippen molar-refractivity contribution in [2.45, 2.75) is 53.0 Å². The van der Waals surface area contributed by atoms with Crippen molar-refractivity contribution in [3.63, 3.8) is 0 Å². The average molecular weight is 728 g/mol. The van der Waals surface area contributed by atoms with Gasteiger partial charge in [0.15, 0.2) is 5.82 Å². The second kappa shape index (κ2) is 15.3. The molecule has 6 rings (SSSR count). The highest BCUT2D eigenvalue weighted by Crippen LogP contribution is 2.40. The van der Waals surface area contributed by atoms with E-state index in [0.717, 1.165) is 38.0 Å². The van der Waals surface area contributed by atoms with Crippen LogP contribution in [0.15, 0.2) is 47.5 Å². The van der Waals surface area contributed by atoms with Crippen LogP contribution < -0.4 is 25.2 Å². The van der Waals surface area contributed by atoms with Crippen molar-refractivity contribution in [1.29, 1.82) is 5.26 Å². The Bertz CT molecular complexity index is 2050. The Balaban J connectivity index is 1.12. The van der Waals surface area contributed by atoms with Gasteiger partial charge in [0.1, 0.15) is 29.2 Å². The van der Waals surface area contributed by atoms with Crippen LogP contribution in [0.4, 0.5) is 11.4 Å².